The largest absolute Gasteiger partial charge is 0.393 e. The second-order valence-corrected chi connectivity index (χ2v) is 5.09. The molecule has 0 aromatic rings. The second-order valence-electron chi connectivity index (χ2n) is 5.09. The molecular formula is C12H29N3O. The predicted molar refractivity (Wildman–Crippen MR) is 69.8 cm³/mol. The summed E-state index contributed by atoms with van der Waals surface area (Å²) in [5, 5.41) is 9.31. The van der Waals surface area contributed by atoms with Gasteiger partial charge in [-0.2, -0.15) is 0 Å². The summed E-state index contributed by atoms with van der Waals surface area (Å²) in [6.45, 7) is 7.15. The first-order chi connectivity index (χ1) is 7.41. The molecule has 0 bridgehead atoms. The molecule has 98 valence electrons. The van der Waals surface area contributed by atoms with Crippen LogP contribution in [-0.2, 0) is 0 Å². The minimum Gasteiger partial charge on any atom is -0.393 e. The average molecular weight is 231 g/mol. The highest BCUT2D eigenvalue weighted by atomic mass is 16.3. The number of likely N-dealkylation sites (N-methyl/N-ethyl adjacent to an activating group) is 2. The summed E-state index contributed by atoms with van der Waals surface area (Å²) in [7, 11) is 8.38. The lowest BCUT2D eigenvalue weighted by Gasteiger charge is -2.26. The maximum Gasteiger partial charge on any atom is 0.0524 e. The third kappa shape index (κ3) is 10.4. The maximum atomic E-state index is 9.31. The maximum absolute atomic E-state index is 9.31. The number of aliphatic hydroxyl groups excluding tert-OH is 1. The summed E-state index contributed by atoms with van der Waals surface area (Å²) in [5.41, 5.74) is 0. The van der Waals surface area contributed by atoms with Crippen LogP contribution in [0.3, 0.4) is 0 Å². The van der Waals surface area contributed by atoms with E-state index in [4.69, 9.17) is 0 Å². The van der Waals surface area contributed by atoms with Crippen LogP contribution in [0.2, 0.25) is 0 Å². The quantitative estimate of drug-likeness (QED) is 0.613. The molecule has 4 nitrogen and oxygen atoms in total. The van der Waals surface area contributed by atoms with E-state index in [2.05, 4.69) is 42.9 Å². The van der Waals surface area contributed by atoms with Crippen molar-refractivity contribution in [3.8, 4) is 0 Å². The Bertz CT molecular complexity index is 132. The monoisotopic (exact) mass is 231 g/mol. The van der Waals surface area contributed by atoms with Crippen molar-refractivity contribution in [2.24, 2.45) is 0 Å². The van der Waals surface area contributed by atoms with E-state index in [-0.39, 0.29) is 6.10 Å². The summed E-state index contributed by atoms with van der Waals surface area (Å²) in [6.07, 6.45) is 0.669. The van der Waals surface area contributed by atoms with Gasteiger partial charge in [0.2, 0.25) is 0 Å². The number of nitrogens with zero attached hydrogens (tertiary/aromatic N) is 3. The van der Waals surface area contributed by atoms with Crippen LogP contribution in [0.1, 0.15) is 13.3 Å². The van der Waals surface area contributed by atoms with E-state index < -0.39 is 0 Å². The van der Waals surface area contributed by atoms with Crippen molar-refractivity contribution in [3.63, 3.8) is 0 Å². The molecule has 0 saturated heterocycles. The second kappa shape index (κ2) is 8.93. The van der Waals surface area contributed by atoms with Crippen LogP contribution in [0.15, 0.2) is 0 Å². The fourth-order valence-corrected chi connectivity index (χ4v) is 1.39. The molecule has 1 atom stereocenters. The van der Waals surface area contributed by atoms with Crippen LogP contribution in [0, 0.1) is 0 Å². The molecule has 0 rings (SSSR count). The van der Waals surface area contributed by atoms with Gasteiger partial charge in [-0.05, 0) is 41.5 Å². The molecule has 0 aliphatic rings. The smallest absolute Gasteiger partial charge is 0.0524 e. The van der Waals surface area contributed by atoms with Gasteiger partial charge in [0.15, 0.2) is 0 Å². The van der Waals surface area contributed by atoms with E-state index in [0.29, 0.717) is 0 Å². The molecule has 0 amide bonds. The molecule has 0 aliphatic carbocycles. The summed E-state index contributed by atoms with van der Waals surface area (Å²) in [4.78, 5) is 6.82. The van der Waals surface area contributed by atoms with Crippen molar-refractivity contribution in [3.05, 3.63) is 0 Å². The summed E-state index contributed by atoms with van der Waals surface area (Å²) in [5.74, 6) is 0. The van der Waals surface area contributed by atoms with Crippen LogP contribution < -0.4 is 0 Å². The van der Waals surface area contributed by atoms with E-state index >= 15 is 0 Å². The van der Waals surface area contributed by atoms with E-state index in [1.54, 1.807) is 0 Å². The first-order valence-corrected chi connectivity index (χ1v) is 6.11. The van der Waals surface area contributed by atoms with Crippen LogP contribution in [-0.4, -0.2) is 86.8 Å². The third-order valence-corrected chi connectivity index (χ3v) is 2.59. The van der Waals surface area contributed by atoms with E-state index in [1.165, 1.54) is 0 Å². The number of rotatable bonds is 9. The predicted octanol–water partition coefficient (Wildman–Crippen LogP) is 0.183. The molecule has 16 heavy (non-hydrogen) atoms. The van der Waals surface area contributed by atoms with Gasteiger partial charge in [-0.3, -0.25) is 0 Å². The number of aliphatic hydroxyl groups is 1. The Hall–Kier alpha value is -0.160. The van der Waals surface area contributed by atoms with Crippen molar-refractivity contribution in [2.45, 2.75) is 19.4 Å². The summed E-state index contributed by atoms with van der Waals surface area (Å²) in [6, 6.07) is 0. The molecule has 0 saturated carbocycles. The number of hydrogen-bond acceptors (Lipinski definition) is 4. The summed E-state index contributed by atoms with van der Waals surface area (Å²) >= 11 is 0. The molecule has 0 heterocycles. The lowest BCUT2D eigenvalue weighted by Crippen LogP contribution is -2.37. The molecule has 0 aliphatic heterocycles. The van der Waals surface area contributed by atoms with Gasteiger partial charge in [-0.1, -0.05) is 0 Å². The van der Waals surface area contributed by atoms with Gasteiger partial charge in [0, 0.05) is 32.7 Å². The van der Waals surface area contributed by atoms with Crippen LogP contribution in [0.5, 0.6) is 0 Å². The first kappa shape index (κ1) is 15.8. The molecule has 1 unspecified atom stereocenters. The Morgan fingerprint density at radius 3 is 1.56 bits per heavy atom. The highest BCUT2D eigenvalue weighted by Crippen LogP contribution is 1.97. The molecule has 0 fully saturated rings. The van der Waals surface area contributed by atoms with Crippen LogP contribution >= 0.6 is 0 Å². The van der Waals surface area contributed by atoms with E-state index in [0.717, 1.165) is 39.1 Å². The van der Waals surface area contributed by atoms with E-state index in [9.17, 15) is 5.11 Å². The van der Waals surface area contributed by atoms with Gasteiger partial charge in [0.05, 0.1) is 6.10 Å². The fraction of sp³-hybridized carbons (Fsp3) is 1.00. The Kier molecular flexibility index (Phi) is 8.84. The normalized spacial score (nSPS) is 14.1. The SMILES string of the molecule is CC(O)CCN(CCN(C)C)CCN(C)C. The van der Waals surface area contributed by atoms with Crippen molar-refractivity contribution in [1.29, 1.82) is 0 Å². The van der Waals surface area contributed by atoms with Gasteiger partial charge in [0.25, 0.3) is 0 Å². The fourth-order valence-electron chi connectivity index (χ4n) is 1.39. The topological polar surface area (TPSA) is 30.0 Å². The zero-order chi connectivity index (χ0) is 12.6. The van der Waals surface area contributed by atoms with Gasteiger partial charge in [0.1, 0.15) is 0 Å². The van der Waals surface area contributed by atoms with Gasteiger partial charge in [-0.25, -0.2) is 0 Å². The minimum atomic E-state index is -0.193. The molecule has 0 aromatic carbocycles. The van der Waals surface area contributed by atoms with E-state index in [1.807, 2.05) is 6.92 Å². The standard InChI is InChI=1S/C12H29N3O/c1-12(16)6-7-15(10-8-13(2)3)11-9-14(4)5/h12,16H,6-11H2,1-5H3. The summed E-state index contributed by atoms with van der Waals surface area (Å²) < 4.78 is 0. The van der Waals surface area contributed by atoms with Crippen LogP contribution in [0.4, 0.5) is 0 Å². The molecule has 0 aromatic heterocycles. The molecule has 0 radical (unpaired) electrons. The van der Waals surface area contributed by atoms with Crippen molar-refractivity contribution in [1.82, 2.24) is 14.7 Å². The van der Waals surface area contributed by atoms with Crippen LogP contribution in [0.25, 0.3) is 0 Å². The number of hydrogen-bond donors (Lipinski definition) is 1. The Morgan fingerprint density at radius 1 is 0.812 bits per heavy atom. The Balaban J connectivity index is 3.85. The molecular weight excluding hydrogens is 202 g/mol. The van der Waals surface area contributed by atoms with Gasteiger partial charge >= 0.3 is 0 Å². The molecule has 0 spiro atoms. The first-order valence-electron chi connectivity index (χ1n) is 6.11. The van der Waals surface area contributed by atoms with Crippen molar-refractivity contribution in [2.75, 3.05) is 60.9 Å². The minimum absolute atomic E-state index is 0.193. The van der Waals surface area contributed by atoms with Crippen molar-refractivity contribution >= 4 is 0 Å². The van der Waals surface area contributed by atoms with Crippen molar-refractivity contribution < 1.29 is 5.11 Å². The lowest BCUT2D eigenvalue weighted by atomic mass is 10.2. The average Bonchev–Trinajstić information content (AvgIpc) is 2.15. The highest BCUT2D eigenvalue weighted by molar-refractivity contribution is 4.63. The molecule has 1 N–H and O–H groups in total. The lowest BCUT2D eigenvalue weighted by molar-refractivity contribution is 0.147. The highest BCUT2D eigenvalue weighted by Gasteiger charge is 2.07. The third-order valence-electron chi connectivity index (χ3n) is 2.59. The Labute approximate surface area is 101 Å². The van der Waals surface area contributed by atoms with Gasteiger partial charge < -0.3 is 19.8 Å². The van der Waals surface area contributed by atoms with Gasteiger partial charge in [-0.15, -0.1) is 0 Å². The zero-order valence-electron chi connectivity index (χ0n) is 11.6. The Morgan fingerprint density at radius 2 is 1.25 bits per heavy atom. The molecule has 4 heteroatoms. The zero-order valence-corrected chi connectivity index (χ0v) is 11.6.